The topological polar surface area (TPSA) is 62.3 Å². The minimum absolute atomic E-state index is 0.489. The standard InChI is InChI=1S/C14H19N3O2/c1-8-11(18-4)7-6-10(13(8)19-5)12-9(2)16-14(15)17(12)3/h6-7H,1-5H3,(H2,15,16). The predicted molar refractivity (Wildman–Crippen MR) is 75.6 cm³/mol. The maximum absolute atomic E-state index is 5.85. The van der Waals surface area contributed by atoms with Gasteiger partial charge in [-0.2, -0.15) is 0 Å². The van der Waals surface area contributed by atoms with Crippen molar-refractivity contribution in [3.8, 4) is 22.8 Å². The van der Waals surface area contributed by atoms with Gasteiger partial charge in [0.05, 0.1) is 25.6 Å². The minimum Gasteiger partial charge on any atom is -0.496 e. The summed E-state index contributed by atoms with van der Waals surface area (Å²) in [5.41, 5.74) is 9.61. The van der Waals surface area contributed by atoms with E-state index in [4.69, 9.17) is 15.2 Å². The molecule has 1 heterocycles. The van der Waals surface area contributed by atoms with E-state index in [9.17, 15) is 0 Å². The molecular formula is C14H19N3O2. The van der Waals surface area contributed by atoms with Crippen molar-refractivity contribution in [2.24, 2.45) is 7.05 Å². The van der Waals surface area contributed by atoms with E-state index in [2.05, 4.69) is 4.98 Å². The van der Waals surface area contributed by atoms with Crippen LogP contribution >= 0.6 is 0 Å². The van der Waals surface area contributed by atoms with Crippen molar-refractivity contribution in [1.29, 1.82) is 0 Å². The highest BCUT2D eigenvalue weighted by Crippen LogP contribution is 2.39. The predicted octanol–water partition coefficient (Wildman–Crippen LogP) is 2.30. The van der Waals surface area contributed by atoms with E-state index in [1.807, 2.05) is 37.6 Å². The number of hydrogen-bond acceptors (Lipinski definition) is 4. The zero-order valence-corrected chi connectivity index (χ0v) is 11.9. The van der Waals surface area contributed by atoms with E-state index in [0.717, 1.165) is 34.0 Å². The molecule has 1 aromatic carbocycles. The lowest BCUT2D eigenvalue weighted by Gasteiger charge is -2.15. The Balaban J connectivity index is 2.72. The van der Waals surface area contributed by atoms with Gasteiger partial charge in [0.2, 0.25) is 5.95 Å². The normalized spacial score (nSPS) is 10.6. The summed E-state index contributed by atoms with van der Waals surface area (Å²) in [6.45, 7) is 3.90. The van der Waals surface area contributed by atoms with Gasteiger partial charge in [-0.3, -0.25) is 0 Å². The van der Waals surface area contributed by atoms with Crippen LogP contribution in [-0.4, -0.2) is 23.8 Å². The second-order valence-electron chi connectivity index (χ2n) is 4.44. The van der Waals surface area contributed by atoms with Gasteiger partial charge in [-0.15, -0.1) is 0 Å². The van der Waals surface area contributed by atoms with Crippen molar-refractivity contribution in [3.63, 3.8) is 0 Å². The molecule has 0 aliphatic rings. The van der Waals surface area contributed by atoms with Crippen LogP contribution < -0.4 is 15.2 Å². The highest BCUT2D eigenvalue weighted by atomic mass is 16.5. The second-order valence-corrected chi connectivity index (χ2v) is 4.44. The molecule has 0 aliphatic carbocycles. The zero-order valence-electron chi connectivity index (χ0n) is 11.9. The van der Waals surface area contributed by atoms with E-state index < -0.39 is 0 Å². The lowest BCUT2D eigenvalue weighted by atomic mass is 10.0. The summed E-state index contributed by atoms with van der Waals surface area (Å²) < 4.78 is 12.7. The van der Waals surface area contributed by atoms with Crippen molar-refractivity contribution in [2.45, 2.75) is 13.8 Å². The molecule has 0 atom stereocenters. The largest absolute Gasteiger partial charge is 0.496 e. The van der Waals surface area contributed by atoms with E-state index in [-0.39, 0.29) is 0 Å². The van der Waals surface area contributed by atoms with Crippen LogP contribution in [0, 0.1) is 13.8 Å². The van der Waals surface area contributed by atoms with Crippen LogP contribution in [0.3, 0.4) is 0 Å². The fraction of sp³-hybridized carbons (Fsp3) is 0.357. The van der Waals surface area contributed by atoms with Gasteiger partial charge in [0.15, 0.2) is 0 Å². The van der Waals surface area contributed by atoms with Gasteiger partial charge in [0, 0.05) is 18.2 Å². The van der Waals surface area contributed by atoms with Crippen molar-refractivity contribution in [1.82, 2.24) is 9.55 Å². The fourth-order valence-corrected chi connectivity index (χ4v) is 2.38. The monoisotopic (exact) mass is 261 g/mol. The number of imidazole rings is 1. The van der Waals surface area contributed by atoms with Crippen LogP contribution in [0.2, 0.25) is 0 Å². The molecule has 0 radical (unpaired) electrons. The number of aromatic nitrogens is 2. The number of hydrogen-bond donors (Lipinski definition) is 1. The second kappa shape index (κ2) is 4.84. The lowest BCUT2D eigenvalue weighted by molar-refractivity contribution is 0.389. The van der Waals surface area contributed by atoms with Gasteiger partial charge in [0.1, 0.15) is 11.5 Å². The molecule has 102 valence electrons. The van der Waals surface area contributed by atoms with Gasteiger partial charge in [-0.1, -0.05) is 0 Å². The first-order chi connectivity index (χ1) is 9.01. The van der Waals surface area contributed by atoms with Gasteiger partial charge < -0.3 is 19.8 Å². The summed E-state index contributed by atoms with van der Waals surface area (Å²) in [7, 11) is 5.19. The van der Waals surface area contributed by atoms with Gasteiger partial charge >= 0.3 is 0 Å². The molecule has 0 saturated heterocycles. The van der Waals surface area contributed by atoms with Crippen LogP contribution in [-0.2, 0) is 7.05 Å². The number of methoxy groups -OCH3 is 2. The maximum Gasteiger partial charge on any atom is 0.200 e. The molecule has 0 spiro atoms. The third-order valence-corrected chi connectivity index (χ3v) is 3.34. The summed E-state index contributed by atoms with van der Waals surface area (Å²) in [6, 6.07) is 3.89. The summed E-state index contributed by atoms with van der Waals surface area (Å²) in [5.74, 6) is 2.07. The Kier molecular flexibility index (Phi) is 3.38. The minimum atomic E-state index is 0.489. The average molecular weight is 261 g/mol. The molecule has 0 bridgehead atoms. The van der Waals surface area contributed by atoms with E-state index in [0.29, 0.717) is 5.95 Å². The number of anilines is 1. The number of nitrogens with zero attached hydrogens (tertiary/aromatic N) is 2. The molecule has 0 saturated carbocycles. The van der Waals surface area contributed by atoms with Gasteiger partial charge in [-0.05, 0) is 26.0 Å². The molecule has 2 rings (SSSR count). The first kappa shape index (κ1) is 13.3. The number of nitrogens with two attached hydrogens (primary N) is 1. The van der Waals surface area contributed by atoms with Crippen LogP contribution in [0.5, 0.6) is 11.5 Å². The van der Waals surface area contributed by atoms with Gasteiger partial charge in [0.25, 0.3) is 0 Å². The van der Waals surface area contributed by atoms with Crippen LogP contribution in [0.4, 0.5) is 5.95 Å². The van der Waals surface area contributed by atoms with Crippen LogP contribution in [0.25, 0.3) is 11.3 Å². The number of nitrogen functional groups attached to an aromatic ring is 1. The Hall–Kier alpha value is -2.17. The number of benzene rings is 1. The molecule has 2 aromatic rings. The summed E-state index contributed by atoms with van der Waals surface area (Å²) in [6.07, 6.45) is 0. The number of rotatable bonds is 3. The maximum atomic E-state index is 5.85. The third-order valence-electron chi connectivity index (χ3n) is 3.34. The highest BCUT2D eigenvalue weighted by Gasteiger charge is 2.18. The summed E-state index contributed by atoms with van der Waals surface area (Å²) in [4.78, 5) is 4.29. The van der Waals surface area contributed by atoms with Crippen molar-refractivity contribution < 1.29 is 9.47 Å². The van der Waals surface area contributed by atoms with E-state index >= 15 is 0 Å². The first-order valence-corrected chi connectivity index (χ1v) is 6.02. The SMILES string of the molecule is COc1ccc(-c2c(C)nc(N)n2C)c(OC)c1C. The van der Waals surface area contributed by atoms with Crippen LogP contribution in [0.15, 0.2) is 12.1 Å². The molecule has 0 unspecified atom stereocenters. The molecule has 0 aliphatic heterocycles. The Morgan fingerprint density at radius 1 is 1.16 bits per heavy atom. The third kappa shape index (κ3) is 2.01. The summed E-state index contributed by atoms with van der Waals surface area (Å²) in [5, 5.41) is 0. The average Bonchev–Trinajstić information content (AvgIpc) is 2.63. The smallest absolute Gasteiger partial charge is 0.200 e. The highest BCUT2D eigenvalue weighted by molar-refractivity contribution is 5.74. The molecule has 5 nitrogen and oxygen atoms in total. The zero-order chi connectivity index (χ0) is 14.2. The van der Waals surface area contributed by atoms with Crippen LogP contribution in [0.1, 0.15) is 11.3 Å². The molecular weight excluding hydrogens is 242 g/mol. The molecule has 0 fully saturated rings. The fourth-order valence-electron chi connectivity index (χ4n) is 2.38. The number of aryl methyl sites for hydroxylation is 1. The first-order valence-electron chi connectivity index (χ1n) is 6.02. The Morgan fingerprint density at radius 2 is 1.84 bits per heavy atom. The van der Waals surface area contributed by atoms with Gasteiger partial charge in [-0.25, -0.2) is 4.98 Å². The molecule has 5 heteroatoms. The van der Waals surface area contributed by atoms with Crippen molar-refractivity contribution in [3.05, 3.63) is 23.4 Å². The molecule has 0 amide bonds. The van der Waals surface area contributed by atoms with Crippen molar-refractivity contribution in [2.75, 3.05) is 20.0 Å². The molecule has 19 heavy (non-hydrogen) atoms. The quantitative estimate of drug-likeness (QED) is 0.921. The Morgan fingerprint density at radius 3 is 2.32 bits per heavy atom. The Bertz CT molecular complexity index is 618. The lowest BCUT2D eigenvalue weighted by Crippen LogP contribution is -2.01. The summed E-state index contributed by atoms with van der Waals surface area (Å²) >= 11 is 0. The van der Waals surface area contributed by atoms with Crippen molar-refractivity contribution >= 4 is 5.95 Å². The Labute approximate surface area is 113 Å². The molecule has 1 aromatic heterocycles. The van der Waals surface area contributed by atoms with E-state index in [1.54, 1.807) is 14.2 Å². The van der Waals surface area contributed by atoms with E-state index in [1.165, 1.54) is 0 Å². The number of ether oxygens (including phenoxy) is 2. The molecule has 2 N–H and O–H groups in total.